The molecule has 0 atom stereocenters. The minimum atomic E-state index is 0.0219. The third-order valence-electron chi connectivity index (χ3n) is 4.24. The van der Waals surface area contributed by atoms with E-state index in [1.165, 1.54) is 5.56 Å². The molecule has 116 valence electrons. The summed E-state index contributed by atoms with van der Waals surface area (Å²) in [5, 5.41) is 1.97. The molecule has 3 aromatic rings. The van der Waals surface area contributed by atoms with Crippen LogP contribution in [-0.4, -0.2) is 12.9 Å². The first-order chi connectivity index (χ1) is 11.0. The van der Waals surface area contributed by atoms with Crippen LogP contribution in [0.15, 0.2) is 48.5 Å². The van der Waals surface area contributed by atoms with Gasteiger partial charge in [-0.2, -0.15) is 0 Å². The van der Waals surface area contributed by atoms with Gasteiger partial charge in [0.1, 0.15) is 5.75 Å². The second kappa shape index (κ2) is 5.88. The lowest BCUT2D eigenvalue weighted by Crippen LogP contribution is -2.09. The Morgan fingerprint density at radius 1 is 0.870 bits per heavy atom. The molecule has 0 amide bonds. The van der Waals surface area contributed by atoms with Gasteiger partial charge in [0.05, 0.1) is 12.7 Å². The average Bonchev–Trinajstić information content (AvgIpc) is 2.52. The molecule has 0 saturated carbocycles. The number of methoxy groups -OCH3 is 1. The molecule has 0 aliphatic carbocycles. The Morgan fingerprint density at radius 2 is 1.52 bits per heavy atom. The summed E-state index contributed by atoms with van der Waals surface area (Å²) in [5.74, 6) is 0.640. The number of ketones is 1. The van der Waals surface area contributed by atoms with Crippen LogP contribution in [0.2, 0.25) is 0 Å². The predicted octanol–water partition coefficient (Wildman–Crippen LogP) is 5.00. The van der Waals surface area contributed by atoms with E-state index in [4.69, 9.17) is 4.74 Å². The zero-order valence-corrected chi connectivity index (χ0v) is 13.9. The fraction of sp³-hybridized carbons (Fsp3) is 0.190. The third-order valence-corrected chi connectivity index (χ3v) is 4.24. The summed E-state index contributed by atoms with van der Waals surface area (Å²) in [5.41, 5.74) is 4.58. The van der Waals surface area contributed by atoms with Gasteiger partial charge in [0.2, 0.25) is 0 Å². The van der Waals surface area contributed by atoms with E-state index in [0.29, 0.717) is 11.3 Å². The summed E-state index contributed by atoms with van der Waals surface area (Å²) in [6, 6.07) is 15.9. The molecule has 0 unspecified atom stereocenters. The number of carbonyl (C=O) groups is 1. The molecule has 0 fully saturated rings. The molecular weight excluding hydrogens is 284 g/mol. The topological polar surface area (TPSA) is 26.3 Å². The molecule has 2 heteroatoms. The van der Waals surface area contributed by atoms with Crippen molar-refractivity contribution in [1.82, 2.24) is 0 Å². The van der Waals surface area contributed by atoms with Crippen molar-refractivity contribution in [2.24, 2.45) is 0 Å². The number of carbonyl (C=O) groups excluding carboxylic acids is 1. The molecular formula is C21H20O2. The Balaban J connectivity index is 2.30. The van der Waals surface area contributed by atoms with Gasteiger partial charge in [-0.15, -0.1) is 0 Å². The van der Waals surface area contributed by atoms with Gasteiger partial charge in [0, 0.05) is 5.56 Å². The van der Waals surface area contributed by atoms with Gasteiger partial charge in [0.15, 0.2) is 5.78 Å². The Morgan fingerprint density at radius 3 is 2.17 bits per heavy atom. The summed E-state index contributed by atoms with van der Waals surface area (Å²) in [4.78, 5) is 13.3. The zero-order valence-electron chi connectivity index (χ0n) is 13.9. The highest BCUT2D eigenvalue weighted by molar-refractivity contribution is 6.19. The molecule has 0 aliphatic heterocycles. The van der Waals surface area contributed by atoms with Crippen molar-refractivity contribution in [1.29, 1.82) is 0 Å². The smallest absolute Gasteiger partial charge is 0.197 e. The maximum atomic E-state index is 13.3. The van der Waals surface area contributed by atoms with Crippen LogP contribution < -0.4 is 4.74 Å². The average molecular weight is 304 g/mol. The second-order valence-electron chi connectivity index (χ2n) is 5.97. The fourth-order valence-electron chi connectivity index (χ4n) is 3.32. The summed E-state index contributed by atoms with van der Waals surface area (Å²) >= 11 is 0. The standard InChI is InChI=1S/C21H20O2/c1-13-11-14(2)19(15(3)12-13)21(22)20-17-8-6-5-7-16(17)9-10-18(20)23-4/h5-12H,1-4H3. The van der Waals surface area contributed by atoms with Crippen LogP contribution in [-0.2, 0) is 0 Å². The van der Waals surface area contributed by atoms with Crippen LogP contribution in [0.25, 0.3) is 10.8 Å². The highest BCUT2D eigenvalue weighted by Gasteiger charge is 2.21. The Hall–Kier alpha value is -2.61. The molecule has 3 rings (SSSR count). The van der Waals surface area contributed by atoms with E-state index in [0.717, 1.165) is 27.5 Å². The van der Waals surface area contributed by atoms with Crippen molar-refractivity contribution in [2.75, 3.05) is 7.11 Å². The Labute approximate surface area is 136 Å². The number of hydrogen-bond donors (Lipinski definition) is 0. The van der Waals surface area contributed by atoms with Gasteiger partial charge in [-0.3, -0.25) is 4.79 Å². The molecule has 0 aliphatic rings. The van der Waals surface area contributed by atoms with Crippen molar-refractivity contribution in [2.45, 2.75) is 20.8 Å². The number of aryl methyl sites for hydroxylation is 3. The highest BCUT2D eigenvalue weighted by Crippen LogP contribution is 2.32. The molecule has 23 heavy (non-hydrogen) atoms. The molecule has 0 spiro atoms. The molecule has 0 saturated heterocycles. The summed E-state index contributed by atoms with van der Waals surface area (Å²) < 4.78 is 5.48. The minimum Gasteiger partial charge on any atom is -0.496 e. The van der Waals surface area contributed by atoms with E-state index in [2.05, 4.69) is 12.1 Å². The maximum Gasteiger partial charge on any atom is 0.197 e. The van der Waals surface area contributed by atoms with Gasteiger partial charge in [-0.05, 0) is 48.7 Å². The normalized spacial score (nSPS) is 10.8. The molecule has 0 bridgehead atoms. The first-order valence-corrected chi connectivity index (χ1v) is 7.71. The Bertz CT molecular complexity index is 884. The largest absolute Gasteiger partial charge is 0.496 e. The van der Waals surface area contributed by atoms with Crippen LogP contribution >= 0.6 is 0 Å². The van der Waals surface area contributed by atoms with Gasteiger partial charge in [-0.25, -0.2) is 0 Å². The van der Waals surface area contributed by atoms with Crippen LogP contribution in [0.4, 0.5) is 0 Å². The van der Waals surface area contributed by atoms with Crippen LogP contribution in [0.5, 0.6) is 5.75 Å². The fourth-order valence-corrected chi connectivity index (χ4v) is 3.32. The van der Waals surface area contributed by atoms with Crippen molar-refractivity contribution < 1.29 is 9.53 Å². The van der Waals surface area contributed by atoms with E-state index in [-0.39, 0.29) is 5.78 Å². The van der Waals surface area contributed by atoms with Gasteiger partial charge >= 0.3 is 0 Å². The van der Waals surface area contributed by atoms with Gasteiger partial charge in [-0.1, -0.05) is 48.0 Å². The first kappa shape index (κ1) is 15.3. The van der Waals surface area contributed by atoms with Crippen LogP contribution in [0.1, 0.15) is 32.6 Å². The first-order valence-electron chi connectivity index (χ1n) is 7.71. The predicted molar refractivity (Wildman–Crippen MR) is 94.6 cm³/mol. The van der Waals surface area contributed by atoms with E-state index in [1.54, 1.807) is 7.11 Å². The second-order valence-corrected chi connectivity index (χ2v) is 5.97. The maximum absolute atomic E-state index is 13.3. The lowest BCUT2D eigenvalue weighted by molar-refractivity contribution is 0.103. The van der Waals surface area contributed by atoms with E-state index in [1.807, 2.05) is 57.2 Å². The van der Waals surface area contributed by atoms with Gasteiger partial charge in [0.25, 0.3) is 0 Å². The summed E-state index contributed by atoms with van der Waals surface area (Å²) in [6.07, 6.45) is 0. The number of fused-ring (bicyclic) bond motifs is 1. The van der Waals surface area contributed by atoms with Crippen molar-refractivity contribution in [3.63, 3.8) is 0 Å². The van der Waals surface area contributed by atoms with Crippen LogP contribution in [0, 0.1) is 20.8 Å². The number of ether oxygens (including phenoxy) is 1. The number of hydrogen-bond acceptors (Lipinski definition) is 2. The lowest BCUT2D eigenvalue weighted by Gasteiger charge is -2.15. The molecule has 0 aromatic heterocycles. The SMILES string of the molecule is COc1ccc2ccccc2c1C(=O)c1c(C)cc(C)cc1C. The molecule has 2 nitrogen and oxygen atoms in total. The van der Waals surface area contributed by atoms with E-state index >= 15 is 0 Å². The molecule has 0 radical (unpaired) electrons. The summed E-state index contributed by atoms with van der Waals surface area (Å²) in [6.45, 7) is 6.03. The minimum absolute atomic E-state index is 0.0219. The van der Waals surface area contributed by atoms with Gasteiger partial charge < -0.3 is 4.74 Å². The van der Waals surface area contributed by atoms with Crippen LogP contribution in [0.3, 0.4) is 0 Å². The molecule has 0 heterocycles. The summed E-state index contributed by atoms with van der Waals surface area (Å²) in [7, 11) is 1.61. The lowest BCUT2D eigenvalue weighted by atomic mass is 9.90. The molecule has 3 aromatic carbocycles. The van der Waals surface area contributed by atoms with E-state index < -0.39 is 0 Å². The third kappa shape index (κ3) is 2.61. The Kier molecular flexibility index (Phi) is 3.91. The van der Waals surface area contributed by atoms with Crippen molar-refractivity contribution in [3.05, 3.63) is 76.3 Å². The number of benzene rings is 3. The van der Waals surface area contributed by atoms with E-state index in [9.17, 15) is 4.79 Å². The van der Waals surface area contributed by atoms with Crippen molar-refractivity contribution >= 4 is 16.6 Å². The van der Waals surface area contributed by atoms with Crippen molar-refractivity contribution in [3.8, 4) is 5.75 Å². The zero-order chi connectivity index (χ0) is 16.6. The quantitative estimate of drug-likeness (QED) is 0.636. The molecule has 0 N–H and O–H groups in total. The highest BCUT2D eigenvalue weighted by atomic mass is 16.5. The number of rotatable bonds is 3. The monoisotopic (exact) mass is 304 g/mol.